The number of alkyl halides is 1. The minimum atomic E-state index is -1.17. The fraction of sp³-hybridized carbons (Fsp3) is 0.250. The molecule has 0 atom stereocenters. The largest absolute Gasteiger partial charge is 0.497 e. The Kier molecular flexibility index (Phi) is 1.84. The highest BCUT2D eigenvalue weighted by Gasteiger charge is 2.40. The van der Waals surface area contributed by atoms with Crippen molar-refractivity contribution in [1.29, 1.82) is 0 Å². The lowest BCUT2D eigenvalue weighted by atomic mass is 10.3. The molecule has 0 unspecified atom stereocenters. The topological polar surface area (TPSA) is 43.2 Å². The van der Waals surface area contributed by atoms with Gasteiger partial charge in [0.25, 0.3) is 0 Å². The van der Waals surface area contributed by atoms with Crippen molar-refractivity contribution in [2.45, 2.75) is 5.31 Å². The van der Waals surface area contributed by atoms with Crippen LogP contribution in [0.3, 0.4) is 0 Å². The molecule has 1 aliphatic heterocycles. The molecule has 1 aromatic carbocycles. The van der Waals surface area contributed by atoms with E-state index in [0.717, 1.165) is 5.75 Å². The van der Waals surface area contributed by atoms with E-state index in [9.17, 15) is 0 Å². The average Bonchev–Trinajstić information content (AvgIpc) is 2.85. The highest BCUT2D eigenvalue weighted by Crippen LogP contribution is 2.35. The SMILES string of the molecule is COc1ccc(OC2(Cl)N=N2)cc1. The fourth-order valence-corrected chi connectivity index (χ4v) is 1.00. The summed E-state index contributed by atoms with van der Waals surface area (Å²) in [6, 6.07) is 7.04. The molecule has 68 valence electrons. The van der Waals surface area contributed by atoms with Crippen molar-refractivity contribution in [1.82, 2.24) is 0 Å². The van der Waals surface area contributed by atoms with Crippen LogP contribution in [0.25, 0.3) is 0 Å². The molecule has 0 bridgehead atoms. The van der Waals surface area contributed by atoms with Crippen LogP contribution in [-0.2, 0) is 0 Å². The predicted molar refractivity (Wildman–Crippen MR) is 47.1 cm³/mol. The predicted octanol–water partition coefficient (Wildman–Crippen LogP) is 2.39. The normalized spacial score (nSPS) is 16.8. The van der Waals surface area contributed by atoms with E-state index in [2.05, 4.69) is 10.2 Å². The van der Waals surface area contributed by atoms with Crippen molar-refractivity contribution in [3.05, 3.63) is 24.3 Å². The molecule has 1 aliphatic rings. The summed E-state index contributed by atoms with van der Waals surface area (Å²) < 4.78 is 10.2. The van der Waals surface area contributed by atoms with E-state index in [1.807, 2.05) is 0 Å². The molecule has 0 N–H and O–H groups in total. The maximum atomic E-state index is 5.67. The molecule has 0 aromatic heterocycles. The van der Waals surface area contributed by atoms with Crippen molar-refractivity contribution in [3.8, 4) is 11.5 Å². The molecule has 1 heterocycles. The Labute approximate surface area is 80.1 Å². The summed E-state index contributed by atoms with van der Waals surface area (Å²) >= 11 is 5.67. The molecule has 0 spiro atoms. The first kappa shape index (κ1) is 8.31. The number of halogens is 1. The van der Waals surface area contributed by atoms with Gasteiger partial charge >= 0.3 is 5.31 Å². The van der Waals surface area contributed by atoms with Crippen molar-refractivity contribution >= 4 is 11.6 Å². The first-order chi connectivity index (χ1) is 6.22. The fourth-order valence-electron chi connectivity index (χ4n) is 0.874. The Hall–Kier alpha value is -1.29. The van der Waals surface area contributed by atoms with Crippen LogP contribution in [0.1, 0.15) is 0 Å². The molecule has 4 nitrogen and oxygen atoms in total. The maximum absolute atomic E-state index is 5.67. The summed E-state index contributed by atoms with van der Waals surface area (Å²) in [4.78, 5) is 0. The van der Waals surface area contributed by atoms with Crippen LogP contribution in [0.15, 0.2) is 34.5 Å². The summed E-state index contributed by atoms with van der Waals surface area (Å²) in [6.45, 7) is 0. The zero-order valence-corrected chi connectivity index (χ0v) is 7.65. The lowest BCUT2D eigenvalue weighted by Crippen LogP contribution is -2.10. The Morgan fingerprint density at radius 3 is 2.15 bits per heavy atom. The Morgan fingerprint density at radius 1 is 1.15 bits per heavy atom. The third-order valence-corrected chi connectivity index (χ3v) is 1.79. The van der Waals surface area contributed by atoms with Gasteiger partial charge in [-0.25, -0.2) is 0 Å². The van der Waals surface area contributed by atoms with E-state index >= 15 is 0 Å². The quantitative estimate of drug-likeness (QED) is 0.553. The molecule has 0 aliphatic carbocycles. The summed E-state index contributed by atoms with van der Waals surface area (Å²) in [6.07, 6.45) is 0. The van der Waals surface area contributed by atoms with Crippen molar-refractivity contribution in [2.24, 2.45) is 10.2 Å². The van der Waals surface area contributed by atoms with Gasteiger partial charge in [-0.05, 0) is 35.9 Å². The van der Waals surface area contributed by atoms with Gasteiger partial charge < -0.3 is 9.47 Å². The van der Waals surface area contributed by atoms with Crippen molar-refractivity contribution in [2.75, 3.05) is 7.11 Å². The number of ether oxygens (including phenoxy) is 2. The van der Waals surface area contributed by atoms with Crippen LogP contribution in [-0.4, -0.2) is 12.4 Å². The Morgan fingerprint density at radius 2 is 1.69 bits per heavy atom. The van der Waals surface area contributed by atoms with Gasteiger partial charge in [-0.2, -0.15) is 0 Å². The number of rotatable bonds is 3. The first-order valence-corrected chi connectivity index (χ1v) is 4.06. The zero-order valence-electron chi connectivity index (χ0n) is 6.90. The monoisotopic (exact) mass is 198 g/mol. The minimum Gasteiger partial charge on any atom is -0.497 e. The summed E-state index contributed by atoms with van der Waals surface area (Å²) in [5.41, 5.74) is 0. The van der Waals surface area contributed by atoms with E-state index in [0.29, 0.717) is 5.75 Å². The molecular weight excluding hydrogens is 192 g/mol. The molecule has 2 rings (SSSR count). The van der Waals surface area contributed by atoms with Gasteiger partial charge in [0.1, 0.15) is 11.5 Å². The van der Waals surface area contributed by atoms with E-state index < -0.39 is 5.31 Å². The second kappa shape index (κ2) is 2.88. The van der Waals surface area contributed by atoms with Crippen LogP contribution in [0.2, 0.25) is 0 Å². The van der Waals surface area contributed by atoms with Crippen molar-refractivity contribution < 1.29 is 9.47 Å². The molecule has 0 saturated carbocycles. The Balaban J connectivity index is 2.05. The van der Waals surface area contributed by atoms with Crippen LogP contribution in [0.4, 0.5) is 0 Å². The molecule has 13 heavy (non-hydrogen) atoms. The maximum Gasteiger partial charge on any atom is 0.418 e. The highest BCUT2D eigenvalue weighted by molar-refractivity contribution is 6.23. The van der Waals surface area contributed by atoms with Crippen LogP contribution in [0.5, 0.6) is 11.5 Å². The first-order valence-electron chi connectivity index (χ1n) is 3.68. The summed E-state index contributed by atoms with van der Waals surface area (Å²) in [7, 11) is 1.60. The van der Waals surface area contributed by atoms with Crippen LogP contribution < -0.4 is 9.47 Å². The van der Waals surface area contributed by atoms with E-state index in [-0.39, 0.29) is 0 Å². The van der Waals surface area contributed by atoms with E-state index in [4.69, 9.17) is 21.1 Å². The van der Waals surface area contributed by atoms with Crippen LogP contribution >= 0.6 is 11.6 Å². The number of nitrogens with zero attached hydrogens (tertiary/aromatic N) is 2. The van der Waals surface area contributed by atoms with Gasteiger partial charge in [0.2, 0.25) is 0 Å². The number of methoxy groups -OCH3 is 1. The molecule has 0 fully saturated rings. The van der Waals surface area contributed by atoms with E-state index in [1.54, 1.807) is 31.4 Å². The second-order valence-corrected chi connectivity index (χ2v) is 3.00. The average molecular weight is 199 g/mol. The third-order valence-electron chi connectivity index (χ3n) is 1.56. The molecule has 0 radical (unpaired) electrons. The van der Waals surface area contributed by atoms with Gasteiger partial charge in [-0.3, -0.25) is 0 Å². The standard InChI is InChI=1S/C8H7ClN2O2/c1-12-6-2-4-7(5-3-6)13-8(9)10-11-8/h2-5H,1H3. The Bertz CT molecular complexity index is 331. The van der Waals surface area contributed by atoms with Gasteiger partial charge in [-0.1, -0.05) is 10.2 Å². The lowest BCUT2D eigenvalue weighted by molar-refractivity contribution is 0.245. The van der Waals surface area contributed by atoms with Gasteiger partial charge in [0.05, 0.1) is 7.11 Å². The van der Waals surface area contributed by atoms with Gasteiger partial charge in [0, 0.05) is 0 Å². The second-order valence-electron chi connectivity index (χ2n) is 2.51. The summed E-state index contributed by atoms with van der Waals surface area (Å²) in [5.74, 6) is 1.38. The molecule has 0 amide bonds. The molecule has 1 aromatic rings. The molecular formula is C8H7ClN2O2. The minimum absolute atomic E-state index is 0.612. The lowest BCUT2D eigenvalue weighted by Gasteiger charge is -2.06. The number of hydrogen-bond acceptors (Lipinski definition) is 4. The van der Waals surface area contributed by atoms with Crippen LogP contribution in [0, 0.1) is 0 Å². The molecule has 5 heteroatoms. The molecule has 0 saturated heterocycles. The van der Waals surface area contributed by atoms with E-state index in [1.165, 1.54) is 0 Å². The zero-order chi connectivity index (χ0) is 9.31. The smallest absolute Gasteiger partial charge is 0.418 e. The van der Waals surface area contributed by atoms with Gasteiger partial charge in [-0.15, -0.1) is 0 Å². The summed E-state index contributed by atoms with van der Waals surface area (Å²) in [5, 5.41) is 5.85. The highest BCUT2D eigenvalue weighted by atomic mass is 35.5. The van der Waals surface area contributed by atoms with Gasteiger partial charge in [0.15, 0.2) is 0 Å². The number of hydrogen-bond donors (Lipinski definition) is 0. The number of benzene rings is 1. The third kappa shape index (κ3) is 1.89. The van der Waals surface area contributed by atoms with Crippen molar-refractivity contribution in [3.63, 3.8) is 0 Å².